The Hall–Kier alpha value is -4.13. The highest BCUT2D eigenvalue weighted by molar-refractivity contribution is 7.99. The van der Waals surface area contributed by atoms with Crippen molar-refractivity contribution in [2.45, 2.75) is 22.9 Å². The molecule has 0 unspecified atom stereocenters. The van der Waals surface area contributed by atoms with E-state index in [2.05, 4.69) is 15.8 Å². The number of hydrogen-bond donors (Lipinski definition) is 2. The summed E-state index contributed by atoms with van der Waals surface area (Å²) in [5.74, 6) is 0. The molecule has 0 saturated carbocycles. The average molecular weight is 489 g/mol. The molecule has 0 fully saturated rings. The van der Waals surface area contributed by atoms with E-state index in [0.717, 1.165) is 21.2 Å². The number of nitrogens with zero attached hydrogens (tertiary/aromatic N) is 3. The van der Waals surface area contributed by atoms with Crippen LogP contribution in [0.3, 0.4) is 0 Å². The van der Waals surface area contributed by atoms with Gasteiger partial charge in [-0.05, 0) is 36.8 Å². The zero-order valence-corrected chi connectivity index (χ0v) is 18.0. The van der Waals surface area contributed by atoms with Gasteiger partial charge in [0, 0.05) is 21.9 Å². The average Bonchev–Trinajstić information content (AvgIpc) is 2.79. The van der Waals surface area contributed by atoms with Crippen LogP contribution in [0.2, 0.25) is 0 Å². The number of hydrazone groups is 1. The predicted molar refractivity (Wildman–Crippen MR) is 121 cm³/mol. The van der Waals surface area contributed by atoms with Crippen LogP contribution in [0.25, 0.3) is 0 Å². The van der Waals surface area contributed by atoms with Crippen LogP contribution in [0.15, 0.2) is 69.5 Å². The summed E-state index contributed by atoms with van der Waals surface area (Å²) >= 11 is 1.57. The maximum Gasteiger partial charge on any atom is 0.416 e. The Labute approximate surface area is 194 Å². The molecule has 0 radical (unpaired) electrons. The van der Waals surface area contributed by atoms with Gasteiger partial charge in [-0.15, -0.1) is 0 Å². The first kappa shape index (κ1) is 23.0. The van der Waals surface area contributed by atoms with Crippen molar-refractivity contribution < 1.29 is 23.0 Å². The van der Waals surface area contributed by atoms with E-state index in [1.165, 1.54) is 0 Å². The second-order valence-corrected chi connectivity index (χ2v) is 8.23. The Morgan fingerprint density at radius 2 is 1.59 bits per heavy atom. The normalized spacial score (nSPS) is 12.9. The van der Waals surface area contributed by atoms with Crippen molar-refractivity contribution in [2.24, 2.45) is 5.10 Å². The fraction of sp³-hybridized carbons (Fsp3) is 0.0952. The summed E-state index contributed by atoms with van der Waals surface area (Å²) in [4.78, 5) is 22.5. The van der Waals surface area contributed by atoms with Gasteiger partial charge in [-0.2, -0.15) is 18.3 Å². The molecule has 0 saturated heterocycles. The fourth-order valence-corrected chi connectivity index (χ4v) is 4.22. The molecule has 1 aliphatic rings. The number of para-hydroxylation sites is 1. The van der Waals surface area contributed by atoms with Gasteiger partial charge in [-0.1, -0.05) is 30.0 Å². The molecule has 1 heterocycles. The van der Waals surface area contributed by atoms with Crippen LogP contribution in [0.1, 0.15) is 18.1 Å². The van der Waals surface area contributed by atoms with Crippen LogP contribution < -0.4 is 10.7 Å². The summed E-state index contributed by atoms with van der Waals surface area (Å²) in [5.41, 5.74) is 0.359. The van der Waals surface area contributed by atoms with E-state index in [4.69, 9.17) is 0 Å². The van der Waals surface area contributed by atoms with Crippen LogP contribution in [0.5, 0.6) is 0 Å². The van der Waals surface area contributed by atoms with Crippen LogP contribution in [0.4, 0.5) is 41.6 Å². The number of alkyl halides is 3. The molecule has 0 aromatic heterocycles. The summed E-state index contributed by atoms with van der Waals surface area (Å²) in [6.07, 6.45) is -5.00. The van der Waals surface area contributed by atoms with Gasteiger partial charge in [0.2, 0.25) is 5.69 Å². The van der Waals surface area contributed by atoms with E-state index in [1.54, 1.807) is 30.8 Å². The summed E-state index contributed by atoms with van der Waals surface area (Å²) in [7, 11) is 0. The number of hydrogen-bond acceptors (Lipinski definition) is 8. The quantitative estimate of drug-likeness (QED) is 0.185. The first-order valence-corrected chi connectivity index (χ1v) is 10.4. The van der Waals surface area contributed by atoms with Gasteiger partial charge in [-0.25, -0.2) is 0 Å². The molecule has 3 aromatic carbocycles. The largest absolute Gasteiger partial charge is 0.416 e. The second kappa shape index (κ2) is 8.67. The SMILES string of the molecule is C/C(=N\Nc1c([N+](=O)[O-])cc(C(F)(F)F)cc1[N+](=O)[O-])c1ccc2c(c1)Nc1ccccc1S2. The number of anilines is 3. The Balaban J connectivity index is 1.68. The fourth-order valence-electron chi connectivity index (χ4n) is 3.25. The van der Waals surface area contributed by atoms with Crippen LogP contribution in [-0.4, -0.2) is 15.6 Å². The number of benzene rings is 3. The van der Waals surface area contributed by atoms with Crippen molar-refractivity contribution in [1.29, 1.82) is 0 Å². The minimum Gasteiger partial charge on any atom is -0.354 e. The van der Waals surface area contributed by atoms with Crippen molar-refractivity contribution in [3.05, 3.63) is 86.0 Å². The number of nitrogens with one attached hydrogen (secondary N) is 2. The minimum absolute atomic E-state index is 0.234. The third-order valence-electron chi connectivity index (χ3n) is 4.93. The number of nitro groups is 2. The highest BCUT2D eigenvalue weighted by atomic mass is 32.2. The molecule has 4 rings (SSSR count). The van der Waals surface area contributed by atoms with Gasteiger partial charge < -0.3 is 5.32 Å². The van der Waals surface area contributed by atoms with Crippen LogP contribution in [-0.2, 0) is 6.18 Å². The van der Waals surface area contributed by atoms with E-state index in [-0.39, 0.29) is 12.1 Å². The van der Waals surface area contributed by atoms with Gasteiger partial charge in [0.15, 0.2) is 0 Å². The first-order chi connectivity index (χ1) is 16.0. The van der Waals surface area contributed by atoms with Gasteiger partial charge >= 0.3 is 17.6 Å². The molecule has 0 bridgehead atoms. The standard InChI is InChI=1S/C21H14F3N5O4S/c1-11(12-6-7-19-15(8-12)25-14-4-2-3-5-18(14)34-19)26-27-20-16(28(30)31)9-13(21(22,23)24)10-17(20)29(32)33/h2-10,25,27H,1H3/b26-11+. The van der Waals surface area contributed by atoms with E-state index in [0.29, 0.717) is 11.3 Å². The molecule has 13 heteroatoms. The molecule has 0 aliphatic carbocycles. The van der Waals surface area contributed by atoms with E-state index in [9.17, 15) is 33.4 Å². The van der Waals surface area contributed by atoms with Gasteiger partial charge in [0.05, 0.1) is 32.5 Å². The number of nitro benzene ring substituents is 2. The Morgan fingerprint density at radius 1 is 0.971 bits per heavy atom. The maximum absolute atomic E-state index is 13.1. The molecule has 0 atom stereocenters. The molecule has 1 aliphatic heterocycles. The van der Waals surface area contributed by atoms with Crippen LogP contribution >= 0.6 is 11.8 Å². The Kier molecular flexibility index (Phi) is 5.87. The van der Waals surface area contributed by atoms with E-state index >= 15 is 0 Å². The van der Waals surface area contributed by atoms with E-state index < -0.39 is 38.6 Å². The highest BCUT2D eigenvalue weighted by Crippen LogP contribution is 2.44. The van der Waals surface area contributed by atoms with Crippen molar-refractivity contribution in [2.75, 3.05) is 10.7 Å². The molecule has 2 N–H and O–H groups in total. The Bertz CT molecular complexity index is 1330. The van der Waals surface area contributed by atoms with Gasteiger partial charge in [-0.3, -0.25) is 25.7 Å². The minimum atomic E-state index is -5.00. The van der Waals surface area contributed by atoms with Crippen molar-refractivity contribution in [1.82, 2.24) is 0 Å². The van der Waals surface area contributed by atoms with Crippen LogP contribution in [0, 0.1) is 20.2 Å². The highest BCUT2D eigenvalue weighted by Gasteiger charge is 2.37. The molecule has 9 nitrogen and oxygen atoms in total. The van der Waals surface area contributed by atoms with Gasteiger partial charge in [0.1, 0.15) is 0 Å². The molecule has 3 aromatic rings. The summed E-state index contributed by atoms with van der Waals surface area (Å²) in [5, 5.41) is 30.0. The predicted octanol–water partition coefficient (Wildman–Crippen LogP) is 6.57. The molecular formula is C21H14F3N5O4S. The molecule has 0 amide bonds. The zero-order chi connectivity index (χ0) is 24.6. The zero-order valence-electron chi connectivity index (χ0n) is 17.2. The second-order valence-electron chi connectivity index (χ2n) is 7.14. The molecule has 34 heavy (non-hydrogen) atoms. The third kappa shape index (κ3) is 4.50. The lowest BCUT2D eigenvalue weighted by Crippen LogP contribution is -2.10. The maximum atomic E-state index is 13.1. The monoisotopic (exact) mass is 489 g/mol. The lowest BCUT2D eigenvalue weighted by molar-refractivity contribution is -0.392. The summed E-state index contributed by atoms with van der Waals surface area (Å²) < 4.78 is 39.2. The number of halogens is 3. The molecule has 174 valence electrons. The van der Waals surface area contributed by atoms with Crippen molar-refractivity contribution in [3.8, 4) is 0 Å². The van der Waals surface area contributed by atoms with E-state index in [1.807, 2.05) is 30.3 Å². The Morgan fingerprint density at radius 3 is 2.21 bits per heavy atom. The summed E-state index contributed by atoms with van der Waals surface area (Å²) in [6.45, 7) is 1.56. The molecular weight excluding hydrogens is 475 g/mol. The third-order valence-corrected chi connectivity index (χ3v) is 6.08. The number of rotatable bonds is 5. The smallest absolute Gasteiger partial charge is 0.354 e. The van der Waals surface area contributed by atoms with Crippen molar-refractivity contribution in [3.63, 3.8) is 0 Å². The lowest BCUT2D eigenvalue weighted by atomic mass is 10.1. The lowest BCUT2D eigenvalue weighted by Gasteiger charge is -2.21. The van der Waals surface area contributed by atoms with Gasteiger partial charge in [0.25, 0.3) is 0 Å². The topological polar surface area (TPSA) is 123 Å². The summed E-state index contributed by atoms with van der Waals surface area (Å²) in [6, 6.07) is 13.6. The number of fused-ring (bicyclic) bond motifs is 2. The molecule has 0 spiro atoms. The van der Waals surface area contributed by atoms with Crippen molar-refractivity contribution >= 4 is 45.9 Å². The first-order valence-electron chi connectivity index (χ1n) is 9.57.